The lowest BCUT2D eigenvalue weighted by Crippen LogP contribution is -2.10. The number of hydrogen-bond acceptors (Lipinski definition) is 3. The first-order valence-electron chi connectivity index (χ1n) is 8.18. The first kappa shape index (κ1) is 16.7. The van der Waals surface area contributed by atoms with Gasteiger partial charge in [-0.15, -0.1) is 0 Å². The molecule has 25 heavy (non-hydrogen) atoms. The van der Waals surface area contributed by atoms with Crippen molar-refractivity contribution in [2.24, 2.45) is 10.7 Å². The zero-order valence-electron chi connectivity index (χ0n) is 14.5. The number of pyridine rings is 1. The molecule has 3 heteroatoms. The summed E-state index contributed by atoms with van der Waals surface area (Å²) in [5.41, 5.74) is 13.2. The predicted molar refractivity (Wildman–Crippen MR) is 106 cm³/mol. The maximum absolute atomic E-state index is 6.42. The molecule has 1 aromatic carbocycles. The summed E-state index contributed by atoms with van der Waals surface area (Å²) >= 11 is 0. The number of nitrogens with zero attached hydrogens (tertiary/aromatic N) is 2. The molecule has 0 saturated carbocycles. The molecule has 0 fully saturated rings. The Kier molecular flexibility index (Phi) is 4.75. The molecular weight excluding hydrogens is 306 g/mol. The van der Waals surface area contributed by atoms with Crippen LogP contribution in [0.2, 0.25) is 0 Å². The minimum atomic E-state index is 0.622. The van der Waals surface area contributed by atoms with E-state index in [4.69, 9.17) is 10.7 Å². The van der Waals surface area contributed by atoms with E-state index in [1.54, 1.807) is 0 Å². The molecule has 2 aromatic rings. The third kappa shape index (κ3) is 3.83. The van der Waals surface area contributed by atoms with Crippen molar-refractivity contribution in [3.63, 3.8) is 0 Å². The van der Waals surface area contributed by atoms with E-state index in [0.717, 1.165) is 33.8 Å². The number of allylic oxidation sites excluding steroid dienone is 5. The standard InChI is InChI=1S/C22H21N3/c1-15-12-13-19(22(23)18-9-5-4-6-10-18)21(14-15)25-17(3)20-11-7-8-16(2)24-20/h4-14H,3,23H2,1-2H3/b22-19-,25-21-. The van der Waals surface area contributed by atoms with Crippen molar-refractivity contribution in [1.82, 2.24) is 4.98 Å². The van der Waals surface area contributed by atoms with Crippen LogP contribution in [0.25, 0.3) is 11.4 Å². The van der Waals surface area contributed by atoms with Crippen LogP contribution in [0.15, 0.2) is 89.5 Å². The Hall–Kier alpha value is -3.20. The van der Waals surface area contributed by atoms with E-state index in [-0.39, 0.29) is 0 Å². The van der Waals surface area contributed by atoms with Crippen molar-refractivity contribution in [1.29, 1.82) is 0 Å². The number of rotatable bonds is 3. The molecule has 0 bridgehead atoms. The molecule has 1 aliphatic carbocycles. The van der Waals surface area contributed by atoms with E-state index in [0.29, 0.717) is 11.4 Å². The highest BCUT2D eigenvalue weighted by Crippen LogP contribution is 2.23. The van der Waals surface area contributed by atoms with Crippen LogP contribution in [-0.4, -0.2) is 10.7 Å². The van der Waals surface area contributed by atoms with Crippen molar-refractivity contribution in [2.45, 2.75) is 13.8 Å². The van der Waals surface area contributed by atoms with Gasteiger partial charge in [0.1, 0.15) is 0 Å². The summed E-state index contributed by atoms with van der Waals surface area (Å²) in [4.78, 5) is 9.21. The van der Waals surface area contributed by atoms with Gasteiger partial charge in [0.15, 0.2) is 0 Å². The van der Waals surface area contributed by atoms with Gasteiger partial charge in [-0.2, -0.15) is 0 Å². The maximum atomic E-state index is 6.42. The van der Waals surface area contributed by atoms with Gasteiger partial charge in [-0.3, -0.25) is 4.98 Å². The van der Waals surface area contributed by atoms with Crippen molar-refractivity contribution in [3.05, 3.63) is 101 Å². The number of benzene rings is 1. The molecule has 0 spiro atoms. The summed E-state index contributed by atoms with van der Waals surface area (Å²) < 4.78 is 0. The normalized spacial score (nSPS) is 17.4. The molecule has 1 heterocycles. The van der Waals surface area contributed by atoms with Crippen molar-refractivity contribution >= 4 is 17.1 Å². The van der Waals surface area contributed by atoms with Gasteiger partial charge in [0, 0.05) is 17.0 Å². The number of aryl methyl sites for hydroxylation is 1. The largest absolute Gasteiger partial charge is 0.398 e. The molecule has 0 atom stereocenters. The van der Waals surface area contributed by atoms with Crippen LogP contribution in [0.3, 0.4) is 0 Å². The Labute approximate surface area is 148 Å². The topological polar surface area (TPSA) is 51.3 Å². The number of hydrogen-bond donors (Lipinski definition) is 1. The number of nitrogens with two attached hydrogens (primary N) is 1. The number of aromatic nitrogens is 1. The van der Waals surface area contributed by atoms with Gasteiger partial charge >= 0.3 is 0 Å². The molecule has 0 saturated heterocycles. The summed E-state index contributed by atoms with van der Waals surface area (Å²) in [6.45, 7) is 8.08. The summed E-state index contributed by atoms with van der Waals surface area (Å²) in [6, 6.07) is 15.7. The Balaban J connectivity index is 2.05. The van der Waals surface area contributed by atoms with Crippen LogP contribution < -0.4 is 5.73 Å². The molecule has 0 radical (unpaired) electrons. The monoisotopic (exact) mass is 327 g/mol. The van der Waals surface area contributed by atoms with Crippen molar-refractivity contribution in [2.75, 3.05) is 0 Å². The van der Waals surface area contributed by atoms with Crippen LogP contribution in [0.1, 0.15) is 23.9 Å². The molecule has 1 aromatic heterocycles. The molecular formula is C22H21N3. The predicted octanol–water partition coefficient (Wildman–Crippen LogP) is 4.69. The zero-order valence-corrected chi connectivity index (χ0v) is 14.5. The van der Waals surface area contributed by atoms with Gasteiger partial charge in [0.25, 0.3) is 0 Å². The van der Waals surface area contributed by atoms with E-state index in [2.05, 4.69) is 11.6 Å². The average molecular weight is 327 g/mol. The van der Waals surface area contributed by atoms with E-state index < -0.39 is 0 Å². The molecule has 0 aliphatic heterocycles. The third-order valence-electron chi connectivity index (χ3n) is 3.97. The van der Waals surface area contributed by atoms with Crippen LogP contribution in [0, 0.1) is 6.92 Å². The van der Waals surface area contributed by atoms with Gasteiger partial charge in [-0.25, -0.2) is 4.99 Å². The molecule has 1 aliphatic rings. The zero-order chi connectivity index (χ0) is 17.8. The van der Waals surface area contributed by atoms with Gasteiger partial charge < -0.3 is 5.73 Å². The van der Waals surface area contributed by atoms with Crippen LogP contribution >= 0.6 is 0 Å². The second kappa shape index (κ2) is 7.14. The first-order chi connectivity index (χ1) is 12.0. The molecule has 2 N–H and O–H groups in total. The summed E-state index contributed by atoms with van der Waals surface area (Å²) in [6.07, 6.45) is 6.07. The highest BCUT2D eigenvalue weighted by Gasteiger charge is 2.13. The fourth-order valence-electron chi connectivity index (χ4n) is 2.64. The molecule has 0 unspecified atom stereocenters. The summed E-state index contributed by atoms with van der Waals surface area (Å²) in [5, 5.41) is 0. The van der Waals surface area contributed by atoms with E-state index in [9.17, 15) is 0 Å². The minimum Gasteiger partial charge on any atom is -0.398 e. The Morgan fingerprint density at radius 1 is 1.00 bits per heavy atom. The van der Waals surface area contributed by atoms with Crippen LogP contribution in [0.4, 0.5) is 0 Å². The Morgan fingerprint density at radius 2 is 1.76 bits per heavy atom. The fourth-order valence-corrected chi connectivity index (χ4v) is 2.64. The third-order valence-corrected chi connectivity index (χ3v) is 3.97. The molecule has 3 nitrogen and oxygen atoms in total. The van der Waals surface area contributed by atoms with E-state index >= 15 is 0 Å². The molecule has 3 rings (SSSR count). The van der Waals surface area contributed by atoms with Crippen molar-refractivity contribution < 1.29 is 0 Å². The van der Waals surface area contributed by atoms with Gasteiger partial charge in [0.2, 0.25) is 0 Å². The molecule has 0 amide bonds. The smallest absolute Gasteiger partial charge is 0.0883 e. The molecule has 124 valence electrons. The van der Waals surface area contributed by atoms with Gasteiger partial charge in [-0.1, -0.05) is 55.1 Å². The van der Waals surface area contributed by atoms with Gasteiger partial charge in [-0.05, 0) is 43.2 Å². The lowest BCUT2D eigenvalue weighted by Gasteiger charge is -2.14. The highest BCUT2D eigenvalue weighted by molar-refractivity contribution is 6.17. The summed E-state index contributed by atoms with van der Waals surface area (Å²) in [5.74, 6) is 0. The van der Waals surface area contributed by atoms with E-state index in [1.165, 1.54) is 0 Å². The van der Waals surface area contributed by atoms with E-state index in [1.807, 2.05) is 80.6 Å². The quantitative estimate of drug-likeness (QED) is 0.889. The second-order valence-electron chi connectivity index (χ2n) is 6.02. The Bertz CT molecular complexity index is 929. The lowest BCUT2D eigenvalue weighted by atomic mass is 9.96. The maximum Gasteiger partial charge on any atom is 0.0883 e. The van der Waals surface area contributed by atoms with Gasteiger partial charge in [0.05, 0.1) is 17.1 Å². The van der Waals surface area contributed by atoms with Crippen molar-refractivity contribution in [3.8, 4) is 0 Å². The highest BCUT2D eigenvalue weighted by atomic mass is 14.8. The first-order valence-corrected chi connectivity index (χ1v) is 8.18. The minimum absolute atomic E-state index is 0.622. The average Bonchev–Trinajstić information content (AvgIpc) is 2.62. The lowest BCUT2D eigenvalue weighted by molar-refractivity contribution is 1.16. The Morgan fingerprint density at radius 3 is 2.48 bits per heavy atom. The van der Waals surface area contributed by atoms with Crippen LogP contribution in [-0.2, 0) is 0 Å². The van der Waals surface area contributed by atoms with Crippen LogP contribution in [0.5, 0.6) is 0 Å². The second-order valence-corrected chi connectivity index (χ2v) is 6.02. The SMILES string of the molecule is C=C(/N=C1/C=C(C)C=C/C1=C(/N)c1ccccc1)c1cccc(C)n1. The number of aliphatic imine (C=N–C) groups is 1. The summed E-state index contributed by atoms with van der Waals surface area (Å²) in [7, 11) is 0. The fraction of sp³-hybridized carbons (Fsp3) is 0.0909.